The van der Waals surface area contributed by atoms with E-state index in [0.29, 0.717) is 11.5 Å². The van der Waals surface area contributed by atoms with Gasteiger partial charge in [-0.2, -0.15) is 17.4 Å². The molecule has 0 aliphatic heterocycles. The average molecular weight is 466 g/mol. The molecule has 32 heavy (non-hydrogen) atoms. The van der Waals surface area contributed by atoms with Crippen LogP contribution in [0.15, 0.2) is 18.2 Å². The lowest BCUT2D eigenvalue weighted by atomic mass is 9.79. The molecule has 2 N–H and O–H groups in total. The first-order valence-electron chi connectivity index (χ1n) is 10.8. The predicted molar refractivity (Wildman–Crippen MR) is 125 cm³/mol. The molecule has 0 heterocycles. The molecule has 0 spiro atoms. The molecule has 2 rings (SSSR count). The monoisotopic (exact) mass is 465 g/mol. The van der Waals surface area contributed by atoms with Crippen LogP contribution in [0, 0.1) is 18.3 Å². The lowest BCUT2D eigenvalue weighted by Crippen LogP contribution is -2.55. The molecule has 0 unspecified atom stereocenters. The van der Waals surface area contributed by atoms with Crippen LogP contribution in [0.5, 0.6) is 11.5 Å². The number of methoxy groups -OCH3 is 1. The zero-order valence-corrected chi connectivity index (χ0v) is 20.4. The van der Waals surface area contributed by atoms with Gasteiger partial charge < -0.3 is 14.8 Å². The van der Waals surface area contributed by atoms with Gasteiger partial charge in [0.05, 0.1) is 7.11 Å². The highest BCUT2D eigenvalue weighted by Crippen LogP contribution is 2.37. The van der Waals surface area contributed by atoms with Gasteiger partial charge >= 0.3 is 0 Å². The topological polar surface area (TPSA) is 97.0 Å². The van der Waals surface area contributed by atoms with E-state index < -0.39 is 16.3 Å². The van der Waals surface area contributed by atoms with Gasteiger partial charge in [-0.05, 0) is 36.5 Å². The molecule has 1 fully saturated rings. The Bertz CT molecular complexity index is 924. The second kappa shape index (κ2) is 11.5. The molecule has 1 aliphatic carbocycles. The third-order valence-corrected chi connectivity index (χ3v) is 7.24. The Hall–Kier alpha value is -2.28. The van der Waals surface area contributed by atoms with Gasteiger partial charge in [0.2, 0.25) is 5.91 Å². The number of carbonyl (C=O) groups is 1. The summed E-state index contributed by atoms with van der Waals surface area (Å²) in [5, 5.41) is 3.11. The van der Waals surface area contributed by atoms with Gasteiger partial charge in [0, 0.05) is 26.1 Å². The van der Waals surface area contributed by atoms with Crippen molar-refractivity contribution in [2.24, 2.45) is 5.92 Å². The first-order chi connectivity index (χ1) is 15.1. The highest BCUT2D eigenvalue weighted by Gasteiger charge is 2.33. The fraction of sp³-hybridized carbons (Fsp3) is 0.609. The molecular formula is C23H35N3O5S. The Morgan fingerprint density at radius 2 is 1.94 bits per heavy atom. The van der Waals surface area contributed by atoms with Crippen LogP contribution in [-0.4, -0.2) is 58.5 Å². The standard InChI is InChI=1S/C23H35N3O5S/c1-7-14-31-20-13-12-17(15-21(20)30-6)18-10-8-9-11-19(18)24-23(27)22(16(2)3)25-32(28,29)26(4)5/h1,12-13,15-16,18-19,22,25H,8-11,14H2,2-6H3,(H,24,27)/t18-,19-,22-/m0/s1. The second-order valence-electron chi connectivity index (χ2n) is 8.54. The molecule has 1 amide bonds. The summed E-state index contributed by atoms with van der Waals surface area (Å²) in [6, 6.07) is 4.76. The van der Waals surface area contributed by atoms with Crippen molar-refractivity contribution in [2.75, 3.05) is 27.8 Å². The number of nitrogens with zero attached hydrogens (tertiary/aromatic N) is 1. The van der Waals surface area contributed by atoms with E-state index in [4.69, 9.17) is 15.9 Å². The summed E-state index contributed by atoms with van der Waals surface area (Å²) in [5.41, 5.74) is 1.04. The van der Waals surface area contributed by atoms with Crippen molar-refractivity contribution in [3.63, 3.8) is 0 Å². The third kappa shape index (κ3) is 6.61. The van der Waals surface area contributed by atoms with E-state index in [1.807, 2.05) is 32.0 Å². The molecule has 8 nitrogen and oxygen atoms in total. The number of ether oxygens (including phenoxy) is 2. The van der Waals surface area contributed by atoms with Crippen molar-refractivity contribution in [1.82, 2.24) is 14.3 Å². The van der Waals surface area contributed by atoms with Crippen LogP contribution in [0.3, 0.4) is 0 Å². The second-order valence-corrected chi connectivity index (χ2v) is 10.5. The molecule has 0 bridgehead atoms. The number of nitrogens with one attached hydrogen (secondary N) is 2. The molecule has 1 saturated carbocycles. The number of rotatable bonds is 10. The Balaban J connectivity index is 2.22. The van der Waals surface area contributed by atoms with Gasteiger partial charge in [0.15, 0.2) is 11.5 Å². The zero-order valence-electron chi connectivity index (χ0n) is 19.6. The third-order valence-electron chi connectivity index (χ3n) is 5.73. The molecule has 3 atom stereocenters. The Labute approximate surface area is 192 Å². The van der Waals surface area contributed by atoms with Gasteiger partial charge in [-0.25, -0.2) is 0 Å². The van der Waals surface area contributed by atoms with E-state index in [0.717, 1.165) is 35.6 Å². The smallest absolute Gasteiger partial charge is 0.279 e. The highest BCUT2D eigenvalue weighted by atomic mass is 32.2. The lowest BCUT2D eigenvalue weighted by molar-refractivity contribution is -0.124. The summed E-state index contributed by atoms with van der Waals surface area (Å²) in [6.07, 6.45) is 9.06. The maximum atomic E-state index is 13.1. The van der Waals surface area contributed by atoms with E-state index in [2.05, 4.69) is 16.0 Å². The van der Waals surface area contributed by atoms with Gasteiger partial charge in [-0.15, -0.1) is 6.42 Å². The number of hydrogen-bond acceptors (Lipinski definition) is 5. The largest absolute Gasteiger partial charge is 0.493 e. The summed E-state index contributed by atoms with van der Waals surface area (Å²) in [5.74, 6) is 3.16. The van der Waals surface area contributed by atoms with Gasteiger partial charge in [-0.1, -0.05) is 38.7 Å². The average Bonchev–Trinajstić information content (AvgIpc) is 2.76. The molecular weight excluding hydrogens is 430 g/mol. The normalized spacial score (nSPS) is 19.9. The molecule has 0 radical (unpaired) electrons. The molecule has 0 aromatic heterocycles. The molecule has 1 aromatic rings. The van der Waals surface area contributed by atoms with E-state index in [1.54, 1.807) is 7.11 Å². The van der Waals surface area contributed by atoms with Crippen molar-refractivity contribution in [3.05, 3.63) is 23.8 Å². The van der Waals surface area contributed by atoms with Crippen LogP contribution < -0.4 is 19.5 Å². The van der Waals surface area contributed by atoms with Crippen LogP contribution in [0.1, 0.15) is 51.0 Å². The number of terminal acetylenes is 1. The van der Waals surface area contributed by atoms with Crippen LogP contribution in [0.25, 0.3) is 0 Å². The summed E-state index contributed by atoms with van der Waals surface area (Å²) in [6.45, 7) is 3.79. The molecule has 1 aliphatic rings. The minimum Gasteiger partial charge on any atom is -0.493 e. The van der Waals surface area contributed by atoms with Crippen molar-refractivity contribution >= 4 is 16.1 Å². The highest BCUT2D eigenvalue weighted by molar-refractivity contribution is 7.87. The number of amides is 1. The maximum Gasteiger partial charge on any atom is 0.279 e. The van der Waals surface area contributed by atoms with Gasteiger partial charge in [0.1, 0.15) is 12.6 Å². The van der Waals surface area contributed by atoms with Gasteiger partial charge in [-0.3, -0.25) is 4.79 Å². The fourth-order valence-electron chi connectivity index (χ4n) is 3.89. The van der Waals surface area contributed by atoms with E-state index in [1.165, 1.54) is 14.1 Å². The first-order valence-corrected chi connectivity index (χ1v) is 12.3. The van der Waals surface area contributed by atoms with Crippen molar-refractivity contribution in [3.8, 4) is 23.8 Å². The van der Waals surface area contributed by atoms with Crippen molar-refractivity contribution in [2.45, 2.75) is 57.5 Å². The Morgan fingerprint density at radius 3 is 2.53 bits per heavy atom. The lowest BCUT2D eigenvalue weighted by Gasteiger charge is -2.34. The van der Waals surface area contributed by atoms with Crippen LogP contribution in [0.2, 0.25) is 0 Å². The number of benzene rings is 1. The number of carbonyl (C=O) groups excluding carboxylic acids is 1. The molecule has 1 aromatic carbocycles. The fourth-order valence-corrected chi connectivity index (χ4v) is 4.80. The van der Waals surface area contributed by atoms with Gasteiger partial charge in [0.25, 0.3) is 10.2 Å². The predicted octanol–water partition coefficient (Wildman–Crippen LogP) is 2.27. The minimum absolute atomic E-state index is 0.0848. The quantitative estimate of drug-likeness (QED) is 0.517. The molecule has 9 heteroatoms. The van der Waals surface area contributed by atoms with E-state index >= 15 is 0 Å². The Morgan fingerprint density at radius 1 is 1.25 bits per heavy atom. The maximum absolute atomic E-state index is 13.1. The number of hydrogen-bond donors (Lipinski definition) is 2. The van der Waals surface area contributed by atoms with E-state index in [9.17, 15) is 13.2 Å². The summed E-state index contributed by atoms with van der Waals surface area (Å²) < 4.78 is 39.2. The Kier molecular flexibility index (Phi) is 9.37. The molecule has 0 saturated heterocycles. The van der Waals surface area contributed by atoms with Crippen molar-refractivity contribution in [1.29, 1.82) is 0 Å². The summed E-state index contributed by atoms with van der Waals surface area (Å²) in [4.78, 5) is 13.1. The summed E-state index contributed by atoms with van der Waals surface area (Å²) >= 11 is 0. The van der Waals surface area contributed by atoms with E-state index in [-0.39, 0.29) is 30.4 Å². The first kappa shape index (κ1) is 26.0. The van der Waals surface area contributed by atoms with Crippen molar-refractivity contribution < 1.29 is 22.7 Å². The minimum atomic E-state index is -3.74. The molecule has 178 valence electrons. The van der Waals surface area contributed by atoms with Crippen LogP contribution in [-0.2, 0) is 15.0 Å². The summed E-state index contributed by atoms with van der Waals surface area (Å²) in [7, 11) is 0.697. The van der Waals surface area contributed by atoms with Crippen LogP contribution in [0.4, 0.5) is 0 Å². The SMILES string of the molecule is C#CCOc1ccc([C@@H]2CCCC[C@@H]2NC(=O)[C@@H](NS(=O)(=O)N(C)C)C(C)C)cc1OC. The zero-order chi connectivity index (χ0) is 23.9. The van der Waals surface area contributed by atoms with Crippen LogP contribution >= 0.6 is 0 Å².